The summed E-state index contributed by atoms with van der Waals surface area (Å²) in [5.41, 5.74) is 8.96. The predicted octanol–water partition coefficient (Wildman–Crippen LogP) is 3.86. The van der Waals surface area contributed by atoms with Crippen molar-refractivity contribution in [2.24, 2.45) is 5.73 Å². The van der Waals surface area contributed by atoms with Crippen LogP contribution >= 0.6 is 11.3 Å². The van der Waals surface area contributed by atoms with E-state index < -0.39 is 0 Å². The van der Waals surface area contributed by atoms with Crippen LogP contribution in [-0.2, 0) is 12.8 Å². The molecule has 0 aliphatic heterocycles. The van der Waals surface area contributed by atoms with Gasteiger partial charge in [0.1, 0.15) is 0 Å². The first-order chi connectivity index (χ1) is 8.20. The maximum absolute atomic E-state index is 6.27. The Morgan fingerprint density at radius 1 is 1.18 bits per heavy atom. The van der Waals surface area contributed by atoms with E-state index >= 15 is 0 Å². The summed E-state index contributed by atoms with van der Waals surface area (Å²) < 4.78 is 0. The van der Waals surface area contributed by atoms with E-state index in [2.05, 4.69) is 50.2 Å². The van der Waals surface area contributed by atoms with Gasteiger partial charge >= 0.3 is 0 Å². The first-order valence-electron chi connectivity index (χ1n) is 6.09. The maximum Gasteiger partial charge on any atom is 0.0430 e. The van der Waals surface area contributed by atoms with Crippen molar-refractivity contribution in [3.05, 3.63) is 57.3 Å². The highest BCUT2D eigenvalue weighted by atomic mass is 32.1. The van der Waals surface area contributed by atoms with Crippen LogP contribution < -0.4 is 5.73 Å². The summed E-state index contributed by atoms with van der Waals surface area (Å²) in [4.78, 5) is 2.71. The van der Waals surface area contributed by atoms with E-state index in [-0.39, 0.29) is 6.04 Å². The lowest BCUT2D eigenvalue weighted by atomic mass is 10.0. The molecule has 90 valence electrons. The average molecular weight is 245 g/mol. The molecule has 2 N–H and O–H groups in total. The molecule has 0 spiro atoms. The smallest absolute Gasteiger partial charge is 0.0430 e. The third kappa shape index (κ3) is 2.96. The second-order valence-electron chi connectivity index (χ2n) is 4.39. The van der Waals surface area contributed by atoms with E-state index in [1.165, 1.54) is 20.9 Å². The van der Waals surface area contributed by atoms with Crippen LogP contribution in [0.25, 0.3) is 0 Å². The molecule has 1 atom stereocenters. The van der Waals surface area contributed by atoms with Gasteiger partial charge < -0.3 is 5.73 Å². The van der Waals surface area contributed by atoms with E-state index in [1.807, 2.05) is 11.3 Å². The summed E-state index contributed by atoms with van der Waals surface area (Å²) in [6, 6.07) is 13.0. The van der Waals surface area contributed by atoms with Crippen molar-refractivity contribution < 1.29 is 0 Å². The minimum Gasteiger partial charge on any atom is -0.323 e. The molecule has 1 unspecified atom stereocenters. The molecule has 2 rings (SSSR count). The maximum atomic E-state index is 6.27. The van der Waals surface area contributed by atoms with Crippen molar-refractivity contribution in [1.82, 2.24) is 0 Å². The summed E-state index contributed by atoms with van der Waals surface area (Å²) in [6.45, 7) is 4.33. The van der Waals surface area contributed by atoms with Crippen molar-refractivity contribution in [1.29, 1.82) is 0 Å². The molecule has 2 heteroatoms. The molecule has 1 nitrogen and oxygen atoms in total. The Hall–Kier alpha value is -1.12. The lowest BCUT2D eigenvalue weighted by Gasteiger charge is -2.11. The number of thiophene rings is 1. The molecule has 0 aliphatic carbocycles. The molecule has 0 saturated heterocycles. The zero-order valence-electron chi connectivity index (χ0n) is 10.4. The highest BCUT2D eigenvalue weighted by molar-refractivity contribution is 7.12. The zero-order valence-corrected chi connectivity index (χ0v) is 11.3. The van der Waals surface area contributed by atoms with Gasteiger partial charge in [0, 0.05) is 15.8 Å². The second kappa shape index (κ2) is 5.48. The van der Waals surface area contributed by atoms with Crippen LogP contribution in [0.1, 0.15) is 33.8 Å². The van der Waals surface area contributed by atoms with E-state index in [4.69, 9.17) is 5.73 Å². The Bertz CT molecular complexity index is 487. The minimum absolute atomic E-state index is 0.126. The van der Waals surface area contributed by atoms with Gasteiger partial charge in [-0.05, 0) is 43.0 Å². The van der Waals surface area contributed by atoms with Crippen LogP contribution in [0, 0.1) is 6.92 Å². The molecule has 1 heterocycles. The lowest BCUT2D eigenvalue weighted by molar-refractivity contribution is 0.733. The standard InChI is InChI=1S/C15H19NS/c1-3-13-8-9-15(17-13)14(16)10-12-7-5-4-6-11(12)2/h4-9,14H,3,10,16H2,1-2H3. The first kappa shape index (κ1) is 12.3. The average Bonchev–Trinajstić information content (AvgIpc) is 2.81. The molecule has 1 aromatic carbocycles. The Balaban J connectivity index is 2.11. The highest BCUT2D eigenvalue weighted by Crippen LogP contribution is 2.25. The van der Waals surface area contributed by atoms with E-state index in [1.54, 1.807) is 0 Å². The molecule has 1 aromatic heterocycles. The predicted molar refractivity (Wildman–Crippen MR) is 75.5 cm³/mol. The van der Waals surface area contributed by atoms with Gasteiger partial charge in [-0.15, -0.1) is 11.3 Å². The second-order valence-corrected chi connectivity index (χ2v) is 5.59. The monoisotopic (exact) mass is 245 g/mol. The van der Waals surface area contributed by atoms with Crippen molar-refractivity contribution in [3.8, 4) is 0 Å². The SMILES string of the molecule is CCc1ccc(C(N)Cc2ccccc2C)s1. The van der Waals surface area contributed by atoms with Gasteiger partial charge in [-0.25, -0.2) is 0 Å². The van der Waals surface area contributed by atoms with E-state index in [9.17, 15) is 0 Å². The van der Waals surface area contributed by atoms with Gasteiger partial charge in [0.25, 0.3) is 0 Å². The highest BCUT2D eigenvalue weighted by Gasteiger charge is 2.10. The molecule has 0 amide bonds. The Morgan fingerprint density at radius 2 is 1.94 bits per heavy atom. The molecule has 0 fully saturated rings. The summed E-state index contributed by atoms with van der Waals surface area (Å²) in [6.07, 6.45) is 2.03. The van der Waals surface area contributed by atoms with Crippen molar-refractivity contribution in [2.45, 2.75) is 32.7 Å². The molecule has 2 aromatic rings. The summed E-state index contributed by atoms with van der Waals surface area (Å²) in [5, 5.41) is 0. The molecule has 0 bridgehead atoms. The molecular weight excluding hydrogens is 226 g/mol. The van der Waals surface area contributed by atoms with Gasteiger partial charge in [0.2, 0.25) is 0 Å². The number of nitrogens with two attached hydrogens (primary N) is 1. The Labute approximate surface area is 107 Å². The van der Waals surface area contributed by atoms with Crippen LogP contribution in [0.5, 0.6) is 0 Å². The third-order valence-electron chi connectivity index (χ3n) is 3.10. The van der Waals surface area contributed by atoms with Crippen LogP contribution in [-0.4, -0.2) is 0 Å². The van der Waals surface area contributed by atoms with Crippen molar-refractivity contribution in [3.63, 3.8) is 0 Å². The van der Waals surface area contributed by atoms with Gasteiger partial charge in [0.05, 0.1) is 0 Å². The summed E-state index contributed by atoms with van der Waals surface area (Å²) >= 11 is 1.84. The number of hydrogen-bond donors (Lipinski definition) is 1. The van der Waals surface area contributed by atoms with Crippen molar-refractivity contribution >= 4 is 11.3 Å². The van der Waals surface area contributed by atoms with Gasteiger partial charge in [0.15, 0.2) is 0 Å². The number of rotatable bonds is 4. The Morgan fingerprint density at radius 3 is 2.59 bits per heavy atom. The lowest BCUT2D eigenvalue weighted by Crippen LogP contribution is -2.12. The number of benzene rings is 1. The number of aryl methyl sites for hydroxylation is 2. The molecule has 0 aliphatic rings. The quantitative estimate of drug-likeness (QED) is 0.869. The van der Waals surface area contributed by atoms with Crippen LogP contribution in [0.15, 0.2) is 36.4 Å². The van der Waals surface area contributed by atoms with Crippen molar-refractivity contribution in [2.75, 3.05) is 0 Å². The number of hydrogen-bond acceptors (Lipinski definition) is 2. The summed E-state index contributed by atoms with van der Waals surface area (Å²) in [7, 11) is 0. The van der Waals surface area contributed by atoms with E-state index in [0.29, 0.717) is 0 Å². The van der Waals surface area contributed by atoms with Crippen LogP contribution in [0.4, 0.5) is 0 Å². The fourth-order valence-electron chi connectivity index (χ4n) is 1.96. The molecular formula is C15H19NS. The first-order valence-corrected chi connectivity index (χ1v) is 6.91. The normalized spacial score (nSPS) is 12.6. The van der Waals surface area contributed by atoms with E-state index in [0.717, 1.165) is 12.8 Å². The van der Waals surface area contributed by atoms with Gasteiger partial charge in [-0.2, -0.15) is 0 Å². The van der Waals surface area contributed by atoms with Gasteiger partial charge in [-0.1, -0.05) is 31.2 Å². The fourth-order valence-corrected chi connectivity index (χ4v) is 2.91. The van der Waals surface area contributed by atoms with Crippen LogP contribution in [0.2, 0.25) is 0 Å². The zero-order chi connectivity index (χ0) is 12.3. The largest absolute Gasteiger partial charge is 0.323 e. The Kier molecular flexibility index (Phi) is 3.97. The van der Waals surface area contributed by atoms with Gasteiger partial charge in [-0.3, -0.25) is 0 Å². The minimum atomic E-state index is 0.126. The fraction of sp³-hybridized carbons (Fsp3) is 0.333. The topological polar surface area (TPSA) is 26.0 Å². The third-order valence-corrected chi connectivity index (χ3v) is 4.46. The molecule has 17 heavy (non-hydrogen) atoms. The summed E-state index contributed by atoms with van der Waals surface area (Å²) in [5.74, 6) is 0. The molecule has 0 saturated carbocycles. The molecule has 0 radical (unpaired) electrons. The van der Waals surface area contributed by atoms with Crippen LogP contribution in [0.3, 0.4) is 0 Å².